The lowest BCUT2D eigenvalue weighted by atomic mass is 10.4. The van der Waals surface area contributed by atoms with Crippen LogP contribution in [-0.4, -0.2) is 36.0 Å². The Hall–Kier alpha value is 0.766. The highest BCUT2D eigenvalue weighted by Crippen LogP contribution is 2.31. The molecule has 0 aliphatic rings. The summed E-state index contributed by atoms with van der Waals surface area (Å²) in [6.07, 6.45) is 0. The first-order valence-electron chi connectivity index (χ1n) is 2.94. The van der Waals surface area contributed by atoms with Gasteiger partial charge in [0.1, 0.15) is 4.90 Å². The van der Waals surface area contributed by atoms with Gasteiger partial charge in [0.05, 0.1) is 15.1 Å². The molecule has 0 amide bonds. The molecule has 0 saturated heterocycles. The molecule has 76 valence electrons. The van der Waals surface area contributed by atoms with Gasteiger partial charge in [0.25, 0.3) is 10.1 Å². The van der Waals surface area contributed by atoms with Crippen LogP contribution in [0.5, 0.6) is 0 Å². The summed E-state index contributed by atoms with van der Waals surface area (Å²) in [5.41, 5.74) is 0. The molecule has 0 unspecified atom stereocenters. The maximum atomic E-state index is 10.7. The summed E-state index contributed by atoms with van der Waals surface area (Å²) < 4.78 is 30.0. The standard InChI is InChI=1S/C6H3Cl3O3S.Mg.2H/c7-3-1-5(9)6(2-4(3)8)13(10,11)12;;;/h1-2H,(H,10,11,12);;;. The second-order valence-corrected chi connectivity index (χ2v) is 4.78. The quantitative estimate of drug-likeness (QED) is 0.488. The van der Waals surface area contributed by atoms with Crippen LogP contribution in [0.4, 0.5) is 0 Å². The fraction of sp³-hybridized carbons (Fsp3) is 0. The third-order valence-corrected chi connectivity index (χ3v) is 3.29. The molecule has 0 fully saturated rings. The van der Waals surface area contributed by atoms with Crippen LogP contribution < -0.4 is 0 Å². The highest BCUT2D eigenvalue weighted by atomic mass is 35.5. The topological polar surface area (TPSA) is 54.4 Å². The fourth-order valence-electron chi connectivity index (χ4n) is 0.702. The van der Waals surface area contributed by atoms with Crippen LogP contribution in [-0.2, 0) is 10.1 Å². The minimum atomic E-state index is -4.35. The van der Waals surface area contributed by atoms with Crippen LogP contribution in [0.25, 0.3) is 0 Å². The molecule has 0 aromatic heterocycles. The summed E-state index contributed by atoms with van der Waals surface area (Å²) in [6, 6.07) is 2.14. The first kappa shape index (κ1) is 14.8. The lowest BCUT2D eigenvalue weighted by Crippen LogP contribution is -1.98. The Morgan fingerprint density at radius 1 is 1.00 bits per heavy atom. The maximum Gasteiger partial charge on any atom is 0.316 e. The normalized spacial score (nSPS) is 10.9. The van der Waals surface area contributed by atoms with Crippen molar-refractivity contribution in [1.29, 1.82) is 0 Å². The van der Waals surface area contributed by atoms with Crippen molar-refractivity contribution >= 4 is 68.0 Å². The van der Waals surface area contributed by atoms with Crippen molar-refractivity contribution < 1.29 is 13.0 Å². The molecule has 3 nitrogen and oxygen atoms in total. The average molecular weight is 288 g/mol. The molecule has 0 saturated carbocycles. The second kappa shape index (κ2) is 5.20. The molecule has 8 heteroatoms. The molecule has 14 heavy (non-hydrogen) atoms. The number of halogens is 3. The Labute approximate surface area is 112 Å². The zero-order valence-corrected chi connectivity index (χ0v) is 9.04. The molecule has 1 N–H and O–H groups in total. The molecular weight excluding hydrogens is 283 g/mol. The third kappa shape index (κ3) is 3.41. The highest BCUT2D eigenvalue weighted by molar-refractivity contribution is 7.86. The highest BCUT2D eigenvalue weighted by Gasteiger charge is 2.16. The van der Waals surface area contributed by atoms with Crippen LogP contribution >= 0.6 is 34.8 Å². The Bertz CT molecular complexity index is 446. The molecule has 0 aliphatic carbocycles. The smallest absolute Gasteiger partial charge is 0.282 e. The number of rotatable bonds is 1. The number of hydrogen-bond acceptors (Lipinski definition) is 2. The zero-order valence-electron chi connectivity index (χ0n) is 5.96. The van der Waals surface area contributed by atoms with Gasteiger partial charge in [-0.3, -0.25) is 4.55 Å². The zero-order chi connectivity index (χ0) is 10.2. The van der Waals surface area contributed by atoms with Gasteiger partial charge in [-0.15, -0.1) is 0 Å². The van der Waals surface area contributed by atoms with Crippen molar-refractivity contribution in [3.63, 3.8) is 0 Å². The number of benzene rings is 1. The number of hydrogen-bond donors (Lipinski definition) is 1. The van der Waals surface area contributed by atoms with Crippen LogP contribution in [0.15, 0.2) is 17.0 Å². The van der Waals surface area contributed by atoms with Crippen molar-refractivity contribution in [3.05, 3.63) is 27.2 Å². The van der Waals surface area contributed by atoms with Crippen LogP contribution in [0.3, 0.4) is 0 Å². The Morgan fingerprint density at radius 3 is 1.86 bits per heavy atom. The van der Waals surface area contributed by atoms with Gasteiger partial charge < -0.3 is 0 Å². The van der Waals surface area contributed by atoms with Gasteiger partial charge >= 0.3 is 23.1 Å². The SMILES string of the molecule is O=S(=O)(O)c1cc(Cl)c(Cl)cc1Cl.[MgH2]. The average Bonchev–Trinajstić information content (AvgIpc) is 1.94. The Kier molecular flexibility index (Phi) is 5.49. The van der Waals surface area contributed by atoms with Crippen molar-refractivity contribution in [3.8, 4) is 0 Å². The summed E-state index contributed by atoms with van der Waals surface area (Å²) in [5, 5.41) is -0.0327. The summed E-state index contributed by atoms with van der Waals surface area (Å²) in [6.45, 7) is 0. The van der Waals surface area contributed by atoms with E-state index in [0.29, 0.717) is 0 Å². The monoisotopic (exact) mass is 286 g/mol. The van der Waals surface area contributed by atoms with E-state index in [1.165, 1.54) is 0 Å². The lowest BCUT2D eigenvalue weighted by molar-refractivity contribution is 0.483. The summed E-state index contributed by atoms with van der Waals surface area (Å²) in [4.78, 5) is -0.455. The van der Waals surface area contributed by atoms with E-state index in [9.17, 15) is 8.42 Å². The molecule has 0 spiro atoms. The molecule has 0 heterocycles. The molecule has 0 aliphatic heterocycles. The van der Waals surface area contributed by atoms with Gasteiger partial charge in [0.2, 0.25) is 0 Å². The van der Waals surface area contributed by atoms with Gasteiger partial charge in [0.15, 0.2) is 0 Å². The molecule has 0 bridgehead atoms. The van der Waals surface area contributed by atoms with E-state index in [1.54, 1.807) is 0 Å². The van der Waals surface area contributed by atoms with Crippen molar-refractivity contribution in [2.24, 2.45) is 0 Å². The molecule has 0 radical (unpaired) electrons. The van der Waals surface area contributed by atoms with Crippen molar-refractivity contribution in [1.82, 2.24) is 0 Å². The molecule has 1 aromatic carbocycles. The minimum absolute atomic E-state index is 0. The first-order valence-corrected chi connectivity index (χ1v) is 5.52. The van der Waals surface area contributed by atoms with Gasteiger partial charge in [-0.25, -0.2) is 0 Å². The van der Waals surface area contributed by atoms with E-state index < -0.39 is 15.0 Å². The maximum absolute atomic E-state index is 10.7. The molecular formula is C6H5Cl3MgO3S. The largest absolute Gasteiger partial charge is 0.316 e. The van der Waals surface area contributed by atoms with Gasteiger partial charge in [-0.1, -0.05) is 34.8 Å². The van der Waals surface area contributed by atoms with E-state index in [1.807, 2.05) is 0 Å². The second-order valence-electron chi connectivity index (χ2n) is 2.17. The van der Waals surface area contributed by atoms with Gasteiger partial charge in [-0.2, -0.15) is 8.42 Å². The van der Waals surface area contributed by atoms with E-state index >= 15 is 0 Å². The predicted octanol–water partition coefficient (Wildman–Crippen LogP) is 1.98. The molecule has 1 aromatic rings. The van der Waals surface area contributed by atoms with Crippen LogP contribution in [0.2, 0.25) is 15.1 Å². The van der Waals surface area contributed by atoms with Crippen molar-refractivity contribution in [2.75, 3.05) is 0 Å². The minimum Gasteiger partial charge on any atom is -0.282 e. The first-order chi connectivity index (χ1) is 5.82. The van der Waals surface area contributed by atoms with Crippen LogP contribution in [0, 0.1) is 0 Å². The molecule has 1 rings (SSSR count). The molecule has 0 atom stereocenters. The van der Waals surface area contributed by atoms with E-state index in [-0.39, 0.29) is 38.1 Å². The summed E-state index contributed by atoms with van der Waals surface area (Å²) in [5.74, 6) is 0. The summed E-state index contributed by atoms with van der Waals surface area (Å²) >= 11 is 16.6. The van der Waals surface area contributed by atoms with Gasteiger partial charge in [-0.05, 0) is 12.1 Å². The van der Waals surface area contributed by atoms with E-state index in [2.05, 4.69) is 0 Å². The van der Waals surface area contributed by atoms with Gasteiger partial charge in [0, 0.05) is 0 Å². The van der Waals surface area contributed by atoms with Crippen LogP contribution in [0.1, 0.15) is 0 Å². The predicted molar refractivity (Wildman–Crippen MR) is 59.8 cm³/mol. The fourth-order valence-corrected chi connectivity index (χ4v) is 2.18. The van der Waals surface area contributed by atoms with Crippen molar-refractivity contribution in [2.45, 2.75) is 4.90 Å². The third-order valence-electron chi connectivity index (χ3n) is 1.25. The van der Waals surface area contributed by atoms with E-state index in [4.69, 9.17) is 39.4 Å². The summed E-state index contributed by atoms with van der Waals surface area (Å²) in [7, 11) is -4.35. The van der Waals surface area contributed by atoms with E-state index in [0.717, 1.165) is 12.1 Å². The lowest BCUT2D eigenvalue weighted by Gasteiger charge is -2.02. The Morgan fingerprint density at radius 2 is 1.43 bits per heavy atom. The Balaban J connectivity index is 0.00000169.